The maximum absolute atomic E-state index is 13.4. The molecule has 0 unspecified atom stereocenters. The number of hydrogen-bond donors (Lipinski definition) is 1. The van der Waals surface area contributed by atoms with Gasteiger partial charge in [-0.25, -0.2) is 9.37 Å². The van der Waals surface area contributed by atoms with E-state index in [1.807, 2.05) is 13.8 Å². The maximum atomic E-state index is 13.4. The van der Waals surface area contributed by atoms with Gasteiger partial charge in [0.1, 0.15) is 11.6 Å². The summed E-state index contributed by atoms with van der Waals surface area (Å²) in [5.41, 5.74) is 0.775. The lowest BCUT2D eigenvalue weighted by molar-refractivity contribution is -0.383. The first-order chi connectivity index (χ1) is 8.93. The highest BCUT2D eigenvalue weighted by Crippen LogP contribution is 2.31. The fraction of sp³-hybridized carbons (Fsp3) is 0.308. The highest BCUT2D eigenvalue weighted by molar-refractivity contribution is 5.89. The molecule has 0 aliphatic heterocycles. The second-order valence-corrected chi connectivity index (χ2v) is 4.58. The Morgan fingerprint density at radius 3 is 2.58 bits per heavy atom. The van der Waals surface area contributed by atoms with Gasteiger partial charge in [0, 0.05) is 12.4 Å². The zero-order valence-corrected chi connectivity index (χ0v) is 10.9. The van der Waals surface area contributed by atoms with Crippen molar-refractivity contribution in [1.82, 2.24) is 4.98 Å². The molecule has 0 atom stereocenters. The lowest BCUT2D eigenvalue weighted by atomic mass is 10.0. The van der Waals surface area contributed by atoms with Crippen LogP contribution in [0.3, 0.4) is 0 Å². The number of nitro groups is 1. The Kier molecular flexibility index (Phi) is 3.33. The van der Waals surface area contributed by atoms with E-state index in [9.17, 15) is 14.5 Å². The summed E-state index contributed by atoms with van der Waals surface area (Å²) in [6, 6.07) is 3.90. The summed E-state index contributed by atoms with van der Waals surface area (Å²) in [6.07, 6.45) is 0. The molecule has 0 fully saturated rings. The van der Waals surface area contributed by atoms with Crippen molar-refractivity contribution in [3.63, 3.8) is 0 Å². The first kappa shape index (κ1) is 13.2. The molecule has 0 aliphatic carbocycles. The van der Waals surface area contributed by atoms with E-state index in [0.29, 0.717) is 11.2 Å². The van der Waals surface area contributed by atoms with Crippen molar-refractivity contribution >= 4 is 22.4 Å². The minimum Gasteiger partial charge on any atom is -0.373 e. The number of nitrogens with zero attached hydrogens (tertiary/aromatic N) is 2. The second kappa shape index (κ2) is 4.79. The number of hydrogen-bond acceptors (Lipinski definition) is 4. The SMILES string of the molecule is CNc1nc2c([N+](=O)[O-])cc(F)cc2cc1C(C)C. The van der Waals surface area contributed by atoms with Gasteiger partial charge in [-0.3, -0.25) is 10.1 Å². The van der Waals surface area contributed by atoms with Crippen molar-refractivity contribution in [2.45, 2.75) is 19.8 Å². The normalized spacial score (nSPS) is 11.0. The minimum absolute atomic E-state index is 0.182. The maximum Gasteiger partial charge on any atom is 0.298 e. The smallest absolute Gasteiger partial charge is 0.298 e. The van der Waals surface area contributed by atoms with Crippen LogP contribution in [0.2, 0.25) is 0 Å². The Balaban J connectivity index is 2.84. The van der Waals surface area contributed by atoms with Gasteiger partial charge in [-0.15, -0.1) is 0 Å². The predicted molar refractivity (Wildman–Crippen MR) is 72.0 cm³/mol. The lowest BCUT2D eigenvalue weighted by Gasteiger charge is -2.13. The molecule has 5 nitrogen and oxygen atoms in total. The van der Waals surface area contributed by atoms with Crippen LogP contribution in [0, 0.1) is 15.9 Å². The Bertz CT molecular complexity index is 656. The van der Waals surface area contributed by atoms with Gasteiger partial charge in [0.2, 0.25) is 0 Å². The van der Waals surface area contributed by atoms with E-state index in [-0.39, 0.29) is 17.1 Å². The van der Waals surface area contributed by atoms with E-state index in [1.54, 1.807) is 13.1 Å². The molecule has 0 saturated heterocycles. The molecule has 100 valence electrons. The summed E-state index contributed by atoms with van der Waals surface area (Å²) in [4.78, 5) is 14.6. The van der Waals surface area contributed by atoms with Gasteiger partial charge in [0.25, 0.3) is 5.69 Å². The topological polar surface area (TPSA) is 68.1 Å². The van der Waals surface area contributed by atoms with Gasteiger partial charge in [0.15, 0.2) is 5.52 Å². The van der Waals surface area contributed by atoms with Gasteiger partial charge < -0.3 is 5.32 Å². The number of nitrogens with one attached hydrogen (secondary N) is 1. The molecule has 2 aromatic rings. The summed E-state index contributed by atoms with van der Waals surface area (Å²) in [5, 5.41) is 14.3. The third-order valence-corrected chi connectivity index (χ3v) is 2.95. The largest absolute Gasteiger partial charge is 0.373 e. The van der Waals surface area contributed by atoms with Gasteiger partial charge in [0.05, 0.1) is 11.0 Å². The molecule has 0 amide bonds. The molecule has 2 rings (SSSR count). The van der Waals surface area contributed by atoms with Crippen LogP contribution in [0.15, 0.2) is 18.2 Å². The minimum atomic E-state index is -0.632. The van der Waals surface area contributed by atoms with Crippen LogP contribution in [0.1, 0.15) is 25.3 Å². The van der Waals surface area contributed by atoms with Crippen LogP contribution in [-0.2, 0) is 0 Å². The molecule has 1 heterocycles. The molecule has 0 saturated carbocycles. The molecule has 0 radical (unpaired) electrons. The fourth-order valence-corrected chi connectivity index (χ4v) is 2.03. The molecular formula is C13H14FN3O2. The second-order valence-electron chi connectivity index (χ2n) is 4.58. The lowest BCUT2D eigenvalue weighted by Crippen LogP contribution is -2.02. The Morgan fingerprint density at radius 2 is 2.05 bits per heavy atom. The van der Waals surface area contributed by atoms with Crippen molar-refractivity contribution in [3.8, 4) is 0 Å². The van der Waals surface area contributed by atoms with Crippen molar-refractivity contribution in [2.24, 2.45) is 0 Å². The summed E-state index contributed by atoms with van der Waals surface area (Å²) in [5.74, 6) is 0.131. The fourth-order valence-electron chi connectivity index (χ4n) is 2.03. The predicted octanol–water partition coefficient (Wildman–Crippen LogP) is 3.45. The van der Waals surface area contributed by atoms with E-state index < -0.39 is 10.7 Å². The molecule has 0 bridgehead atoms. The molecule has 0 aliphatic rings. The summed E-state index contributed by atoms with van der Waals surface area (Å²) in [6.45, 7) is 3.97. The van der Waals surface area contributed by atoms with E-state index >= 15 is 0 Å². The first-order valence-electron chi connectivity index (χ1n) is 5.90. The monoisotopic (exact) mass is 263 g/mol. The average molecular weight is 263 g/mol. The number of benzene rings is 1. The first-order valence-corrected chi connectivity index (χ1v) is 5.90. The summed E-state index contributed by atoms with van der Waals surface area (Å²) >= 11 is 0. The van der Waals surface area contributed by atoms with Crippen molar-refractivity contribution in [1.29, 1.82) is 0 Å². The highest BCUT2D eigenvalue weighted by atomic mass is 19.1. The number of pyridine rings is 1. The molecule has 1 aromatic heterocycles. The Hall–Kier alpha value is -2.24. The number of halogens is 1. The molecule has 19 heavy (non-hydrogen) atoms. The zero-order chi connectivity index (χ0) is 14.2. The Labute approximate surface area is 109 Å². The zero-order valence-electron chi connectivity index (χ0n) is 10.9. The van der Waals surface area contributed by atoms with Crippen molar-refractivity contribution < 1.29 is 9.31 Å². The standard InChI is InChI=1S/C13H14FN3O2/c1-7(2)10-5-8-4-9(14)6-11(17(18)19)12(8)16-13(10)15-3/h4-7H,1-3H3,(H,15,16). The van der Waals surface area contributed by atoms with E-state index in [1.165, 1.54) is 6.07 Å². The van der Waals surface area contributed by atoms with Crippen molar-refractivity contribution in [2.75, 3.05) is 12.4 Å². The molecule has 0 spiro atoms. The van der Waals surface area contributed by atoms with Crippen LogP contribution < -0.4 is 5.32 Å². The third-order valence-electron chi connectivity index (χ3n) is 2.95. The average Bonchev–Trinajstić information content (AvgIpc) is 2.35. The van der Waals surface area contributed by atoms with Crippen LogP contribution in [-0.4, -0.2) is 17.0 Å². The molecular weight excluding hydrogens is 249 g/mol. The summed E-state index contributed by atoms with van der Waals surface area (Å²) < 4.78 is 13.4. The summed E-state index contributed by atoms with van der Waals surface area (Å²) in [7, 11) is 1.70. The number of fused-ring (bicyclic) bond motifs is 1. The van der Waals surface area contributed by atoms with Crippen molar-refractivity contribution in [3.05, 3.63) is 39.7 Å². The number of aromatic nitrogens is 1. The quantitative estimate of drug-likeness (QED) is 0.680. The van der Waals surface area contributed by atoms with E-state index in [2.05, 4.69) is 10.3 Å². The number of anilines is 1. The third kappa shape index (κ3) is 2.33. The van der Waals surface area contributed by atoms with Gasteiger partial charge in [-0.2, -0.15) is 0 Å². The molecule has 1 N–H and O–H groups in total. The van der Waals surface area contributed by atoms with Gasteiger partial charge in [-0.1, -0.05) is 13.8 Å². The molecule has 1 aromatic carbocycles. The van der Waals surface area contributed by atoms with E-state index in [4.69, 9.17) is 0 Å². The van der Waals surface area contributed by atoms with Crippen LogP contribution >= 0.6 is 0 Å². The number of non-ortho nitro benzene ring substituents is 1. The number of rotatable bonds is 3. The molecule has 6 heteroatoms. The Morgan fingerprint density at radius 1 is 1.37 bits per heavy atom. The van der Waals surface area contributed by atoms with Gasteiger partial charge >= 0.3 is 0 Å². The van der Waals surface area contributed by atoms with Gasteiger partial charge in [-0.05, 0) is 23.6 Å². The number of nitro benzene ring substituents is 1. The van der Waals surface area contributed by atoms with Crippen LogP contribution in [0.25, 0.3) is 10.9 Å². The van der Waals surface area contributed by atoms with Crippen LogP contribution in [0.5, 0.6) is 0 Å². The van der Waals surface area contributed by atoms with Crippen LogP contribution in [0.4, 0.5) is 15.9 Å². The highest BCUT2D eigenvalue weighted by Gasteiger charge is 2.18. The van der Waals surface area contributed by atoms with E-state index in [0.717, 1.165) is 11.6 Å².